The normalized spacial score (nSPS) is 19.4. The first-order chi connectivity index (χ1) is 13.4. The Bertz CT molecular complexity index is 682. The molecular weight excluding hydrogens is 503 g/mol. The summed E-state index contributed by atoms with van der Waals surface area (Å²) < 4.78 is 7.15. The van der Waals surface area contributed by atoms with Gasteiger partial charge in [0.25, 0.3) is 0 Å². The zero-order valence-electron chi connectivity index (χ0n) is 18.3. The average Bonchev–Trinajstić information content (AvgIpc) is 3.24. The lowest BCUT2D eigenvalue weighted by Gasteiger charge is -2.21. The standard InChI is InChI=1S/C19H34N6O2S.HI/c1-13(2)10-25-16(22-23-19(25)28-6)8-7-9-21-18(20-4)24-11-14(3)15(12-24)17(26)27-5;/h13-15H,7-12H2,1-6H3,(H,20,21);1H. The van der Waals surface area contributed by atoms with Crippen LogP contribution in [-0.4, -0.2) is 71.6 Å². The maximum Gasteiger partial charge on any atom is 0.310 e. The number of hydrogen-bond donors (Lipinski definition) is 1. The number of nitrogens with zero attached hydrogens (tertiary/aromatic N) is 5. The van der Waals surface area contributed by atoms with Crippen molar-refractivity contribution >= 4 is 47.7 Å². The summed E-state index contributed by atoms with van der Waals surface area (Å²) in [6.45, 7) is 9.68. The number of aromatic nitrogens is 3. The fourth-order valence-corrected chi connectivity index (χ4v) is 4.10. The molecule has 2 heterocycles. The Kier molecular flexibility index (Phi) is 11.3. The van der Waals surface area contributed by atoms with E-state index in [9.17, 15) is 4.79 Å². The molecule has 2 atom stereocenters. The number of methoxy groups -OCH3 is 1. The third-order valence-electron chi connectivity index (χ3n) is 5.01. The first kappa shape index (κ1) is 26.0. The predicted molar refractivity (Wildman–Crippen MR) is 128 cm³/mol. The molecule has 1 saturated heterocycles. The van der Waals surface area contributed by atoms with Gasteiger partial charge in [0.15, 0.2) is 11.1 Å². The molecule has 29 heavy (non-hydrogen) atoms. The number of guanidine groups is 1. The van der Waals surface area contributed by atoms with Crippen LogP contribution < -0.4 is 5.32 Å². The summed E-state index contributed by atoms with van der Waals surface area (Å²) in [5, 5.41) is 13.1. The van der Waals surface area contributed by atoms with Gasteiger partial charge in [-0.05, 0) is 24.5 Å². The molecule has 1 fully saturated rings. The van der Waals surface area contributed by atoms with Crippen molar-refractivity contribution in [3.8, 4) is 0 Å². The van der Waals surface area contributed by atoms with Gasteiger partial charge in [0.1, 0.15) is 5.82 Å². The van der Waals surface area contributed by atoms with E-state index in [1.807, 2.05) is 6.26 Å². The molecule has 0 spiro atoms. The van der Waals surface area contributed by atoms with Crippen LogP contribution in [0.4, 0.5) is 0 Å². The van der Waals surface area contributed by atoms with Crippen molar-refractivity contribution in [3.05, 3.63) is 5.82 Å². The fraction of sp³-hybridized carbons (Fsp3) is 0.789. The van der Waals surface area contributed by atoms with Crippen LogP contribution >= 0.6 is 35.7 Å². The van der Waals surface area contributed by atoms with E-state index in [0.29, 0.717) is 12.5 Å². The van der Waals surface area contributed by atoms with Crippen LogP contribution in [0.2, 0.25) is 0 Å². The van der Waals surface area contributed by atoms with E-state index in [2.05, 4.69) is 50.7 Å². The molecular formula is C19H35IN6O2S. The van der Waals surface area contributed by atoms with Gasteiger partial charge in [-0.25, -0.2) is 0 Å². The summed E-state index contributed by atoms with van der Waals surface area (Å²) in [5.74, 6) is 2.45. The van der Waals surface area contributed by atoms with Crippen molar-refractivity contribution in [2.75, 3.05) is 40.0 Å². The van der Waals surface area contributed by atoms with Crippen molar-refractivity contribution < 1.29 is 9.53 Å². The van der Waals surface area contributed by atoms with Gasteiger partial charge in [-0.1, -0.05) is 32.5 Å². The van der Waals surface area contributed by atoms with Gasteiger partial charge in [0.05, 0.1) is 13.0 Å². The number of hydrogen-bond acceptors (Lipinski definition) is 6. The first-order valence-electron chi connectivity index (χ1n) is 9.90. The van der Waals surface area contributed by atoms with E-state index >= 15 is 0 Å². The number of aliphatic imine (C=N–C) groups is 1. The van der Waals surface area contributed by atoms with Gasteiger partial charge >= 0.3 is 5.97 Å². The van der Waals surface area contributed by atoms with Crippen LogP contribution in [0.25, 0.3) is 0 Å². The van der Waals surface area contributed by atoms with E-state index in [1.54, 1.807) is 18.8 Å². The molecule has 0 bridgehead atoms. The highest BCUT2D eigenvalue weighted by molar-refractivity contribution is 14.0. The van der Waals surface area contributed by atoms with E-state index < -0.39 is 0 Å². The maximum absolute atomic E-state index is 11.9. The molecule has 1 aliphatic heterocycles. The summed E-state index contributed by atoms with van der Waals surface area (Å²) in [6.07, 6.45) is 3.84. The van der Waals surface area contributed by atoms with Crippen molar-refractivity contribution in [1.82, 2.24) is 25.0 Å². The fourth-order valence-electron chi connectivity index (χ4n) is 3.58. The number of esters is 1. The highest BCUT2D eigenvalue weighted by Crippen LogP contribution is 2.24. The summed E-state index contributed by atoms with van der Waals surface area (Å²) >= 11 is 1.64. The zero-order chi connectivity index (χ0) is 20.7. The largest absolute Gasteiger partial charge is 0.469 e. The summed E-state index contributed by atoms with van der Waals surface area (Å²) in [7, 11) is 3.23. The number of aryl methyl sites for hydroxylation is 1. The first-order valence-corrected chi connectivity index (χ1v) is 11.1. The van der Waals surface area contributed by atoms with Gasteiger partial charge < -0.3 is 19.5 Å². The van der Waals surface area contributed by atoms with Gasteiger partial charge in [0.2, 0.25) is 0 Å². The van der Waals surface area contributed by atoms with Gasteiger partial charge in [-0.15, -0.1) is 34.2 Å². The lowest BCUT2D eigenvalue weighted by atomic mass is 9.99. The number of rotatable bonds is 8. The van der Waals surface area contributed by atoms with Crippen LogP contribution in [0.3, 0.4) is 0 Å². The van der Waals surface area contributed by atoms with Crippen molar-refractivity contribution in [2.24, 2.45) is 22.7 Å². The second-order valence-corrected chi connectivity index (χ2v) is 8.47. The van der Waals surface area contributed by atoms with E-state index in [4.69, 9.17) is 4.74 Å². The highest BCUT2D eigenvalue weighted by atomic mass is 127. The molecule has 1 N–H and O–H groups in total. The lowest BCUT2D eigenvalue weighted by molar-refractivity contribution is -0.145. The Labute approximate surface area is 195 Å². The number of halogens is 1. The Morgan fingerprint density at radius 3 is 2.69 bits per heavy atom. The second-order valence-electron chi connectivity index (χ2n) is 7.70. The van der Waals surface area contributed by atoms with E-state index in [0.717, 1.165) is 49.4 Å². The van der Waals surface area contributed by atoms with Crippen LogP contribution in [0.15, 0.2) is 10.1 Å². The van der Waals surface area contributed by atoms with Crippen molar-refractivity contribution in [3.63, 3.8) is 0 Å². The van der Waals surface area contributed by atoms with Crippen molar-refractivity contribution in [1.29, 1.82) is 0 Å². The molecule has 8 nitrogen and oxygen atoms in total. The Morgan fingerprint density at radius 2 is 2.10 bits per heavy atom. The number of carbonyl (C=O) groups excluding carboxylic acids is 1. The van der Waals surface area contributed by atoms with Gasteiger partial charge in [-0.3, -0.25) is 9.79 Å². The highest BCUT2D eigenvalue weighted by Gasteiger charge is 2.36. The maximum atomic E-state index is 11.9. The zero-order valence-corrected chi connectivity index (χ0v) is 21.5. The van der Waals surface area contributed by atoms with Crippen LogP contribution in [0.5, 0.6) is 0 Å². The molecule has 0 saturated carbocycles. The molecule has 2 rings (SSSR count). The third kappa shape index (κ3) is 7.01. The van der Waals surface area contributed by atoms with E-state index in [-0.39, 0.29) is 41.8 Å². The SMILES string of the molecule is CN=C(NCCCc1nnc(SC)n1CC(C)C)N1CC(C)C(C(=O)OC)C1.I. The number of carbonyl (C=O) groups is 1. The number of likely N-dealkylation sites (tertiary alicyclic amines) is 1. The Balaban J connectivity index is 0.00000420. The quantitative estimate of drug-likeness (QED) is 0.136. The average molecular weight is 539 g/mol. The molecule has 2 unspecified atom stereocenters. The smallest absolute Gasteiger partial charge is 0.310 e. The second kappa shape index (κ2) is 12.6. The monoisotopic (exact) mass is 538 g/mol. The van der Waals surface area contributed by atoms with Crippen LogP contribution in [0, 0.1) is 17.8 Å². The van der Waals surface area contributed by atoms with Crippen LogP contribution in [-0.2, 0) is 22.5 Å². The minimum atomic E-state index is -0.139. The molecule has 1 aromatic heterocycles. The topological polar surface area (TPSA) is 84.6 Å². The Hall–Kier alpha value is -1.04. The third-order valence-corrected chi connectivity index (χ3v) is 5.68. The molecule has 0 radical (unpaired) electrons. The number of ether oxygens (including phenoxy) is 1. The summed E-state index contributed by atoms with van der Waals surface area (Å²) in [5.41, 5.74) is 0. The molecule has 1 aliphatic rings. The van der Waals surface area contributed by atoms with Crippen LogP contribution in [0.1, 0.15) is 33.0 Å². The lowest BCUT2D eigenvalue weighted by Crippen LogP contribution is -2.41. The molecule has 0 amide bonds. The van der Waals surface area contributed by atoms with Crippen molar-refractivity contribution in [2.45, 2.75) is 45.3 Å². The Morgan fingerprint density at radius 1 is 1.38 bits per heavy atom. The minimum absolute atomic E-state index is 0. The van der Waals surface area contributed by atoms with Gasteiger partial charge in [-0.2, -0.15) is 0 Å². The van der Waals surface area contributed by atoms with Gasteiger partial charge in [0, 0.05) is 39.6 Å². The number of thioether (sulfide) groups is 1. The van der Waals surface area contributed by atoms with E-state index in [1.165, 1.54) is 7.11 Å². The minimum Gasteiger partial charge on any atom is -0.469 e. The molecule has 0 aliphatic carbocycles. The predicted octanol–water partition coefficient (Wildman–Crippen LogP) is 2.52. The molecule has 10 heteroatoms. The number of nitrogens with one attached hydrogen (secondary N) is 1. The summed E-state index contributed by atoms with van der Waals surface area (Å²) in [6, 6.07) is 0. The summed E-state index contributed by atoms with van der Waals surface area (Å²) in [4.78, 5) is 18.4. The molecule has 166 valence electrons. The molecule has 1 aromatic rings. The molecule has 0 aromatic carbocycles.